The molecule has 0 saturated carbocycles. The summed E-state index contributed by atoms with van der Waals surface area (Å²) in [5, 5.41) is 3.38. The van der Waals surface area contributed by atoms with E-state index in [1.165, 1.54) is 22.4 Å². The van der Waals surface area contributed by atoms with Gasteiger partial charge in [0.2, 0.25) is 0 Å². The largest absolute Gasteiger partial charge is 0.312 e. The molecule has 2 aromatic rings. The number of fused-ring (bicyclic) bond motifs is 1. The van der Waals surface area contributed by atoms with Crippen molar-refractivity contribution in [1.82, 2.24) is 15.3 Å². The molecule has 1 N–H and O–H groups in total. The highest BCUT2D eigenvalue weighted by atomic mass is 14.9. The van der Waals surface area contributed by atoms with Crippen LogP contribution in [0.3, 0.4) is 0 Å². The summed E-state index contributed by atoms with van der Waals surface area (Å²) in [6.07, 6.45) is 1.83. The van der Waals surface area contributed by atoms with Crippen LogP contribution in [0, 0.1) is 13.8 Å². The monoisotopic (exact) mass is 253 g/mol. The summed E-state index contributed by atoms with van der Waals surface area (Å²) in [4.78, 5) is 9.39. The van der Waals surface area contributed by atoms with Crippen LogP contribution in [0.1, 0.15) is 33.9 Å². The average molecular weight is 253 g/mol. The Hall–Kier alpha value is -1.74. The molecule has 19 heavy (non-hydrogen) atoms. The van der Waals surface area contributed by atoms with Gasteiger partial charge in [0.25, 0.3) is 0 Å². The zero-order valence-electron chi connectivity index (χ0n) is 11.5. The number of rotatable bonds is 2. The summed E-state index contributed by atoms with van der Waals surface area (Å²) in [6, 6.07) is 8.61. The van der Waals surface area contributed by atoms with Gasteiger partial charge in [-0.3, -0.25) is 0 Å². The van der Waals surface area contributed by atoms with Crippen LogP contribution in [0.25, 0.3) is 0 Å². The fourth-order valence-corrected chi connectivity index (χ4v) is 2.54. The first-order valence-corrected chi connectivity index (χ1v) is 6.84. The van der Waals surface area contributed by atoms with Crippen LogP contribution >= 0.6 is 0 Å². The molecule has 98 valence electrons. The smallest absolute Gasteiger partial charge is 0.133 e. The van der Waals surface area contributed by atoms with E-state index >= 15 is 0 Å². The Labute approximate surface area is 114 Å². The van der Waals surface area contributed by atoms with Crippen molar-refractivity contribution in [2.24, 2.45) is 0 Å². The number of benzene rings is 1. The van der Waals surface area contributed by atoms with Crippen LogP contribution in [-0.2, 0) is 19.4 Å². The molecule has 1 aliphatic rings. The van der Waals surface area contributed by atoms with Crippen molar-refractivity contribution in [3.05, 3.63) is 58.2 Å². The normalized spacial score (nSPS) is 14.2. The molecule has 1 aromatic heterocycles. The van der Waals surface area contributed by atoms with Crippen molar-refractivity contribution in [2.75, 3.05) is 6.54 Å². The van der Waals surface area contributed by atoms with Gasteiger partial charge in [0.1, 0.15) is 5.82 Å². The highest BCUT2D eigenvalue weighted by Gasteiger charge is 2.15. The minimum Gasteiger partial charge on any atom is -0.312 e. The molecule has 1 aliphatic heterocycles. The number of hydrogen-bond donors (Lipinski definition) is 1. The maximum absolute atomic E-state index is 4.74. The van der Waals surface area contributed by atoms with E-state index in [0.717, 1.165) is 37.4 Å². The highest BCUT2D eigenvalue weighted by Crippen LogP contribution is 2.16. The predicted molar refractivity (Wildman–Crippen MR) is 76.2 cm³/mol. The summed E-state index contributed by atoms with van der Waals surface area (Å²) in [7, 11) is 0. The number of aryl methyl sites for hydroxylation is 2. The van der Waals surface area contributed by atoms with Crippen molar-refractivity contribution < 1.29 is 0 Å². The maximum Gasteiger partial charge on any atom is 0.133 e. The summed E-state index contributed by atoms with van der Waals surface area (Å²) >= 11 is 0. The van der Waals surface area contributed by atoms with E-state index in [1.54, 1.807) is 0 Å². The van der Waals surface area contributed by atoms with Gasteiger partial charge in [0.05, 0.1) is 5.69 Å². The van der Waals surface area contributed by atoms with Crippen LogP contribution in [0.4, 0.5) is 0 Å². The van der Waals surface area contributed by atoms with Crippen LogP contribution in [0.5, 0.6) is 0 Å². The van der Waals surface area contributed by atoms with Gasteiger partial charge < -0.3 is 5.32 Å². The fourth-order valence-electron chi connectivity index (χ4n) is 2.54. The third-order valence-electron chi connectivity index (χ3n) is 3.67. The third-order valence-corrected chi connectivity index (χ3v) is 3.67. The zero-order chi connectivity index (χ0) is 13.2. The Bertz CT molecular complexity index is 588. The second-order valence-electron chi connectivity index (χ2n) is 5.24. The van der Waals surface area contributed by atoms with Crippen LogP contribution in [-0.4, -0.2) is 16.5 Å². The lowest BCUT2D eigenvalue weighted by Crippen LogP contribution is -2.26. The van der Waals surface area contributed by atoms with Gasteiger partial charge in [-0.1, -0.05) is 29.8 Å². The van der Waals surface area contributed by atoms with Gasteiger partial charge in [-0.25, -0.2) is 9.97 Å². The van der Waals surface area contributed by atoms with Crippen LogP contribution < -0.4 is 5.32 Å². The van der Waals surface area contributed by atoms with E-state index in [2.05, 4.69) is 48.4 Å². The molecule has 3 rings (SSSR count). The van der Waals surface area contributed by atoms with Crippen molar-refractivity contribution >= 4 is 0 Å². The lowest BCUT2D eigenvalue weighted by atomic mass is 10.0. The van der Waals surface area contributed by atoms with Crippen molar-refractivity contribution in [1.29, 1.82) is 0 Å². The summed E-state index contributed by atoms with van der Waals surface area (Å²) in [5.74, 6) is 0.946. The van der Waals surface area contributed by atoms with Gasteiger partial charge in [0, 0.05) is 37.2 Å². The summed E-state index contributed by atoms with van der Waals surface area (Å²) in [6.45, 7) is 6.13. The molecular weight excluding hydrogens is 234 g/mol. The second-order valence-corrected chi connectivity index (χ2v) is 5.24. The first kappa shape index (κ1) is 12.3. The van der Waals surface area contributed by atoms with Gasteiger partial charge in [-0.15, -0.1) is 0 Å². The molecule has 0 bridgehead atoms. The number of aromatic nitrogens is 2. The zero-order valence-corrected chi connectivity index (χ0v) is 11.5. The molecule has 0 saturated heterocycles. The molecule has 2 heterocycles. The Morgan fingerprint density at radius 2 is 1.89 bits per heavy atom. The molecule has 0 spiro atoms. The van der Waals surface area contributed by atoms with Crippen molar-refractivity contribution in [3.63, 3.8) is 0 Å². The Kier molecular flexibility index (Phi) is 3.30. The highest BCUT2D eigenvalue weighted by molar-refractivity contribution is 5.29. The predicted octanol–water partition coefficient (Wildman–Crippen LogP) is 2.33. The molecule has 0 aliphatic carbocycles. The Balaban J connectivity index is 1.89. The number of hydrogen-bond acceptors (Lipinski definition) is 3. The average Bonchev–Trinajstić information content (AvgIpc) is 2.42. The lowest BCUT2D eigenvalue weighted by molar-refractivity contribution is 0.615. The Morgan fingerprint density at radius 1 is 1.11 bits per heavy atom. The fraction of sp³-hybridized carbons (Fsp3) is 0.375. The molecule has 0 amide bonds. The molecule has 1 aromatic carbocycles. The van der Waals surface area contributed by atoms with Crippen LogP contribution in [0.15, 0.2) is 24.3 Å². The first-order chi connectivity index (χ1) is 9.22. The minimum atomic E-state index is 0.821. The second kappa shape index (κ2) is 5.10. The number of nitrogens with one attached hydrogen (secondary N) is 1. The molecule has 0 fully saturated rings. The SMILES string of the molecule is Cc1ccc(Cc2nc(C)c3c(n2)CCNC3)cc1. The number of nitrogens with zero attached hydrogens (tertiary/aromatic N) is 2. The van der Waals surface area contributed by atoms with Crippen molar-refractivity contribution in [3.8, 4) is 0 Å². The molecule has 3 heteroatoms. The first-order valence-electron chi connectivity index (χ1n) is 6.84. The maximum atomic E-state index is 4.74. The standard InChI is InChI=1S/C16H19N3/c1-11-3-5-13(6-4-11)9-16-18-12(2)14-10-17-8-7-15(14)19-16/h3-6,17H,7-10H2,1-2H3. The Morgan fingerprint density at radius 3 is 2.68 bits per heavy atom. The molecule has 0 atom stereocenters. The lowest BCUT2D eigenvalue weighted by Gasteiger charge is -2.18. The molecular formula is C16H19N3. The van der Waals surface area contributed by atoms with E-state index in [9.17, 15) is 0 Å². The van der Waals surface area contributed by atoms with Gasteiger partial charge in [-0.2, -0.15) is 0 Å². The van der Waals surface area contributed by atoms with Gasteiger partial charge in [-0.05, 0) is 19.4 Å². The summed E-state index contributed by atoms with van der Waals surface area (Å²) in [5.41, 5.74) is 6.21. The van der Waals surface area contributed by atoms with Gasteiger partial charge in [0.15, 0.2) is 0 Å². The minimum absolute atomic E-state index is 0.821. The third kappa shape index (κ3) is 2.66. The van der Waals surface area contributed by atoms with E-state index in [-0.39, 0.29) is 0 Å². The summed E-state index contributed by atoms with van der Waals surface area (Å²) < 4.78 is 0. The quantitative estimate of drug-likeness (QED) is 0.892. The van der Waals surface area contributed by atoms with Gasteiger partial charge >= 0.3 is 0 Å². The molecule has 0 radical (unpaired) electrons. The van der Waals surface area contributed by atoms with E-state index < -0.39 is 0 Å². The van der Waals surface area contributed by atoms with E-state index in [0.29, 0.717) is 0 Å². The topological polar surface area (TPSA) is 37.8 Å². The van der Waals surface area contributed by atoms with E-state index in [4.69, 9.17) is 4.98 Å². The molecule has 0 unspecified atom stereocenters. The van der Waals surface area contributed by atoms with E-state index in [1.807, 2.05) is 0 Å². The molecule has 3 nitrogen and oxygen atoms in total. The van der Waals surface area contributed by atoms with Crippen LogP contribution in [0.2, 0.25) is 0 Å². The van der Waals surface area contributed by atoms with Crippen molar-refractivity contribution in [2.45, 2.75) is 33.2 Å².